The zero-order chi connectivity index (χ0) is 18.9. The van der Waals surface area contributed by atoms with Crippen molar-refractivity contribution in [2.24, 2.45) is 5.92 Å². The topological polar surface area (TPSA) is 99.3 Å². The summed E-state index contributed by atoms with van der Waals surface area (Å²) in [6.45, 7) is 3.93. The van der Waals surface area contributed by atoms with Crippen LogP contribution in [0.15, 0.2) is 17.1 Å². The number of H-pyrrole nitrogens is 1. The van der Waals surface area contributed by atoms with Gasteiger partial charge in [-0.1, -0.05) is 18.5 Å². The number of hydrogen-bond donors (Lipinski definition) is 3. The third kappa shape index (κ3) is 6.52. The molecule has 0 aliphatic carbocycles. The van der Waals surface area contributed by atoms with E-state index in [0.717, 1.165) is 0 Å². The number of aromatic nitrogens is 1. The van der Waals surface area contributed by atoms with E-state index in [-0.39, 0.29) is 30.0 Å². The van der Waals surface area contributed by atoms with Gasteiger partial charge in [-0.15, -0.1) is 0 Å². The molecule has 0 spiro atoms. The van der Waals surface area contributed by atoms with Crippen molar-refractivity contribution in [2.45, 2.75) is 31.9 Å². The summed E-state index contributed by atoms with van der Waals surface area (Å²) in [5.41, 5.74) is -2.14. The van der Waals surface area contributed by atoms with Crippen LogP contribution in [0.4, 0.5) is 4.39 Å². The lowest BCUT2D eigenvalue weighted by atomic mass is 9.83. The molecule has 1 aromatic heterocycles. The summed E-state index contributed by atoms with van der Waals surface area (Å²) in [5.74, 6) is 0.117. The Balaban J connectivity index is 0.000000324. The maximum absolute atomic E-state index is 14.9. The van der Waals surface area contributed by atoms with Gasteiger partial charge in [0.2, 0.25) is 0 Å². The Labute approximate surface area is 153 Å². The Hall–Kier alpha value is -1.25. The second-order valence-corrected chi connectivity index (χ2v) is 8.01. The first-order valence-electron chi connectivity index (χ1n) is 8.06. The van der Waals surface area contributed by atoms with Crippen LogP contribution in [0.2, 0.25) is 5.02 Å². The molecule has 3 heterocycles. The number of alkyl halides is 1. The Kier molecular flexibility index (Phi) is 9.31. The van der Waals surface area contributed by atoms with Gasteiger partial charge in [0, 0.05) is 34.4 Å². The molecule has 3 atom stereocenters. The standard InChI is InChI=1S/C11H13ClFNO2S.C4H9N.CH2O2/c1-7-6-17(16)3-2-11(7,13)9-4-8(12)5-14-10(9)15;1-2-4-5-3-1;2-1-3/h4-5,7H,2-3,6H2,1H3,(H,14,15);5H,1-4H2;1H,(H,2,3). The summed E-state index contributed by atoms with van der Waals surface area (Å²) in [6, 6.07) is 1.37. The number of pyridine rings is 1. The number of halogens is 2. The van der Waals surface area contributed by atoms with E-state index in [9.17, 15) is 13.4 Å². The summed E-state index contributed by atoms with van der Waals surface area (Å²) in [7, 11) is -0.988. The summed E-state index contributed by atoms with van der Waals surface area (Å²) in [6.07, 6.45) is 4.21. The van der Waals surface area contributed by atoms with Crippen molar-refractivity contribution in [3.05, 3.63) is 33.2 Å². The predicted molar refractivity (Wildman–Crippen MR) is 97.3 cm³/mol. The van der Waals surface area contributed by atoms with E-state index in [0.29, 0.717) is 5.02 Å². The molecule has 2 saturated heterocycles. The third-order valence-electron chi connectivity index (χ3n) is 4.18. The Morgan fingerprint density at radius 3 is 2.52 bits per heavy atom. The van der Waals surface area contributed by atoms with E-state index in [1.807, 2.05) is 0 Å². The van der Waals surface area contributed by atoms with Gasteiger partial charge in [0.25, 0.3) is 12.0 Å². The van der Waals surface area contributed by atoms with Crippen LogP contribution in [0.5, 0.6) is 0 Å². The van der Waals surface area contributed by atoms with Crippen molar-refractivity contribution in [2.75, 3.05) is 24.6 Å². The van der Waals surface area contributed by atoms with E-state index in [2.05, 4.69) is 10.3 Å². The number of aromatic amines is 1. The molecule has 1 aromatic rings. The molecule has 3 unspecified atom stereocenters. The second-order valence-electron chi connectivity index (χ2n) is 5.95. The molecule has 0 amide bonds. The minimum atomic E-state index is -1.73. The molecule has 0 saturated carbocycles. The highest BCUT2D eigenvalue weighted by molar-refractivity contribution is 7.85. The maximum atomic E-state index is 14.9. The highest BCUT2D eigenvalue weighted by Gasteiger charge is 2.44. The first kappa shape index (κ1) is 21.8. The minimum Gasteiger partial charge on any atom is -0.483 e. The Bertz CT molecular complexity index is 631. The van der Waals surface area contributed by atoms with Crippen LogP contribution in [0.3, 0.4) is 0 Å². The molecule has 3 N–H and O–H groups in total. The molecule has 25 heavy (non-hydrogen) atoms. The number of nitrogens with one attached hydrogen (secondary N) is 2. The van der Waals surface area contributed by atoms with E-state index in [1.165, 1.54) is 38.2 Å². The smallest absolute Gasteiger partial charge is 0.290 e. The molecular formula is C16H24ClFN2O4S. The highest BCUT2D eigenvalue weighted by Crippen LogP contribution is 2.40. The Morgan fingerprint density at radius 1 is 1.44 bits per heavy atom. The zero-order valence-corrected chi connectivity index (χ0v) is 15.7. The van der Waals surface area contributed by atoms with Crippen molar-refractivity contribution < 1.29 is 18.5 Å². The van der Waals surface area contributed by atoms with Gasteiger partial charge in [-0.3, -0.25) is 13.8 Å². The fourth-order valence-corrected chi connectivity index (χ4v) is 4.47. The molecule has 0 radical (unpaired) electrons. The van der Waals surface area contributed by atoms with E-state index >= 15 is 0 Å². The third-order valence-corrected chi connectivity index (χ3v) is 5.93. The number of carboxylic acid groups (broad SMARTS) is 1. The van der Waals surface area contributed by atoms with Crippen molar-refractivity contribution >= 4 is 28.9 Å². The maximum Gasteiger partial charge on any atom is 0.290 e. The summed E-state index contributed by atoms with van der Waals surface area (Å²) in [4.78, 5) is 22.5. The first-order valence-corrected chi connectivity index (χ1v) is 9.93. The van der Waals surface area contributed by atoms with Crippen LogP contribution in [0.1, 0.15) is 31.7 Å². The minimum absolute atomic E-state index is 0.0502. The van der Waals surface area contributed by atoms with E-state index in [1.54, 1.807) is 6.92 Å². The normalized spacial score (nSPS) is 28.1. The lowest BCUT2D eigenvalue weighted by Gasteiger charge is -2.34. The monoisotopic (exact) mass is 394 g/mol. The van der Waals surface area contributed by atoms with Crippen LogP contribution in [-0.4, -0.2) is 45.4 Å². The lowest BCUT2D eigenvalue weighted by Crippen LogP contribution is -2.42. The quantitative estimate of drug-likeness (QED) is 0.633. The van der Waals surface area contributed by atoms with Gasteiger partial charge >= 0.3 is 0 Å². The fraction of sp³-hybridized carbons (Fsp3) is 0.625. The molecule has 2 fully saturated rings. The lowest BCUT2D eigenvalue weighted by molar-refractivity contribution is -0.122. The molecule has 142 valence electrons. The van der Waals surface area contributed by atoms with Crippen LogP contribution in [0, 0.1) is 5.92 Å². The number of hydrogen-bond acceptors (Lipinski definition) is 4. The van der Waals surface area contributed by atoms with Crippen molar-refractivity contribution in [3.8, 4) is 0 Å². The van der Waals surface area contributed by atoms with Gasteiger partial charge in [0.05, 0.1) is 10.6 Å². The molecule has 3 rings (SSSR count). The summed E-state index contributed by atoms with van der Waals surface area (Å²) < 4.78 is 26.3. The molecule has 0 aromatic carbocycles. The van der Waals surface area contributed by atoms with Crippen LogP contribution in [-0.2, 0) is 21.3 Å². The molecule has 6 nitrogen and oxygen atoms in total. The van der Waals surface area contributed by atoms with Gasteiger partial charge in [0.15, 0.2) is 0 Å². The van der Waals surface area contributed by atoms with Crippen LogP contribution < -0.4 is 10.9 Å². The van der Waals surface area contributed by atoms with Gasteiger partial charge in [-0.05, 0) is 38.4 Å². The van der Waals surface area contributed by atoms with Crippen LogP contribution >= 0.6 is 11.6 Å². The molecule has 2 aliphatic heterocycles. The average molecular weight is 395 g/mol. The predicted octanol–water partition coefficient (Wildman–Crippen LogP) is 2.05. The second kappa shape index (κ2) is 10.7. The molecular weight excluding hydrogens is 371 g/mol. The van der Waals surface area contributed by atoms with E-state index < -0.39 is 27.9 Å². The highest BCUT2D eigenvalue weighted by atomic mass is 35.5. The molecule has 0 bridgehead atoms. The summed E-state index contributed by atoms with van der Waals surface area (Å²) in [5, 5.41) is 10.4. The number of rotatable bonds is 1. The van der Waals surface area contributed by atoms with Crippen molar-refractivity contribution in [1.29, 1.82) is 0 Å². The SMILES string of the molecule is C1CCNC1.CC1CS(=O)CCC1(F)c1cc(Cl)c[nH]c1=O.O=CO. The van der Waals surface area contributed by atoms with Crippen molar-refractivity contribution in [3.63, 3.8) is 0 Å². The van der Waals surface area contributed by atoms with Gasteiger partial charge in [-0.25, -0.2) is 4.39 Å². The average Bonchev–Trinajstić information content (AvgIpc) is 3.14. The number of carbonyl (C=O) groups is 1. The molecule has 9 heteroatoms. The zero-order valence-electron chi connectivity index (χ0n) is 14.1. The largest absolute Gasteiger partial charge is 0.483 e. The Morgan fingerprint density at radius 2 is 2.04 bits per heavy atom. The van der Waals surface area contributed by atoms with Crippen molar-refractivity contribution in [1.82, 2.24) is 10.3 Å². The summed E-state index contributed by atoms with van der Waals surface area (Å²) >= 11 is 5.78. The van der Waals surface area contributed by atoms with Gasteiger partial charge in [0.1, 0.15) is 5.67 Å². The van der Waals surface area contributed by atoms with Gasteiger partial charge in [-0.2, -0.15) is 0 Å². The molecule has 2 aliphatic rings. The first-order chi connectivity index (χ1) is 11.8. The van der Waals surface area contributed by atoms with Gasteiger partial charge < -0.3 is 15.4 Å². The fourth-order valence-electron chi connectivity index (χ4n) is 2.79. The van der Waals surface area contributed by atoms with E-state index in [4.69, 9.17) is 21.5 Å². The van der Waals surface area contributed by atoms with Crippen LogP contribution in [0.25, 0.3) is 0 Å².